The molecule has 32 heavy (non-hydrogen) atoms. The number of carbonyl (C=O) groups excluding carboxylic acids is 3. The minimum absolute atomic E-state index is 0.0383. The van der Waals surface area contributed by atoms with Crippen LogP contribution < -0.4 is 15.6 Å². The minimum Gasteiger partial charge on any atom is -0.484 e. The second kappa shape index (κ2) is 9.71. The van der Waals surface area contributed by atoms with Crippen molar-refractivity contribution in [2.45, 2.75) is 26.1 Å². The number of hydrazine groups is 1. The maximum Gasteiger partial charge on any atom is 0.416 e. The lowest BCUT2D eigenvalue weighted by atomic mass is 10.1. The zero-order chi connectivity index (χ0) is 23.3. The number of amides is 3. The highest BCUT2D eigenvalue weighted by Gasteiger charge is 2.35. The zero-order valence-corrected chi connectivity index (χ0v) is 17.2. The van der Waals surface area contributed by atoms with Crippen molar-refractivity contribution in [2.24, 2.45) is 5.92 Å². The van der Waals surface area contributed by atoms with Crippen LogP contribution in [0.25, 0.3) is 0 Å². The van der Waals surface area contributed by atoms with Gasteiger partial charge in [0.05, 0.1) is 11.5 Å². The molecule has 7 nitrogen and oxygen atoms in total. The van der Waals surface area contributed by atoms with Gasteiger partial charge in [0.15, 0.2) is 6.61 Å². The molecule has 0 saturated carbocycles. The Kier molecular flexibility index (Phi) is 7.01. The van der Waals surface area contributed by atoms with E-state index in [0.29, 0.717) is 11.3 Å². The molecule has 1 unspecified atom stereocenters. The van der Waals surface area contributed by atoms with Gasteiger partial charge in [-0.1, -0.05) is 24.3 Å². The Hall–Kier alpha value is -3.56. The van der Waals surface area contributed by atoms with Crippen LogP contribution >= 0.6 is 0 Å². The van der Waals surface area contributed by atoms with Gasteiger partial charge in [0, 0.05) is 19.5 Å². The van der Waals surface area contributed by atoms with Crippen LogP contribution in [0.15, 0.2) is 48.5 Å². The van der Waals surface area contributed by atoms with Crippen LogP contribution in [0.3, 0.4) is 0 Å². The lowest BCUT2D eigenvalue weighted by Crippen LogP contribution is -2.46. The molecular weight excluding hydrogens is 427 g/mol. The van der Waals surface area contributed by atoms with Crippen molar-refractivity contribution in [3.63, 3.8) is 0 Å². The Balaban J connectivity index is 1.47. The zero-order valence-electron chi connectivity index (χ0n) is 17.2. The number of ether oxygens (including phenoxy) is 1. The predicted octanol–water partition coefficient (Wildman–Crippen LogP) is 2.59. The molecule has 0 radical (unpaired) electrons. The first-order valence-electron chi connectivity index (χ1n) is 9.84. The molecule has 2 aromatic rings. The van der Waals surface area contributed by atoms with Crippen LogP contribution in [-0.4, -0.2) is 35.8 Å². The van der Waals surface area contributed by atoms with Crippen LogP contribution in [0.1, 0.15) is 23.1 Å². The third-order valence-corrected chi connectivity index (χ3v) is 4.90. The SMILES string of the molecule is Cc1cccc(OCC(=O)NNC(=O)C2CC(=O)N(Cc3cccc(C(F)(F)F)c3)C2)c1. The van der Waals surface area contributed by atoms with E-state index in [9.17, 15) is 27.6 Å². The van der Waals surface area contributed by atoms with Gasteiger partial charge in [-0.3, -0.25) is 25.2 Å². The number of hydrogen-bond donors (Lipinski definition) is 2. The Morgan fingerprint density at radius 3 is 2.59 bits per heavy atom. The van der Waals surface area contributed by atoms with Gasteiger partial charge in [-0.15, -0.1) is 0 Å². The molecule has 3 amide bonds. The highest BCUT2D eigenvalue weighted by Crippen LogP contribution is 2.30. The van der Waals surface area contributed by atoms with Gasteiger partial charge in [-0.05, 0) is 42.3 Å². The van der Waals surface area contributed by atoms with Gasteiger partial charge in [0.2, 0.25) is 11.8 Å². The lowest BCUT2D eigenvalue weighted by molar-refractivity contribution is -0.137. The molecule has 0 bridgehead atoms. The number of likely N-dealkylation sites (tertiary alicyclic amines) is 1. The van der Waals surface area contributed by atoms with Crippen molar-refractivity contribution >= 4 is 17.7 Å². The Morgan fingerprint density at radius 1 is 1.12 bits per heavy atom. The fraction of sp³-hybridized carbons (Fsp3) is 0.318. The Labute approximate surface area is 182 Å². The van der Waals surface area contributed by atoms with Gasteiger partial charge in [-0.25, -0.2) is 0 Å². The van der Waals surface area contributed by atoms with Gasteiger partial charge < -0.3 is 9.64 Å². The molecule has 0 aliphatic carbocycles. The normalized spacial score (nSPS) is 16.1. The average molecular weight is 449 g/mol. The van der Waals surface area contributed by atoms with Gasteiger partial charge in [0.1, 0.15) is 5.75 Å². The fourth-order valence-electron chi connectivity index (χ4n) is 3.29. The molecule has 1 aliphatic heterocycles. The second-order valence-corrected chi connectivity index (χ2v) is 7.52. The molecule has 3 rings (SSSR count). The van der Waals surface area contributed by atoms with E-state index in [1.165, 1.54) is 17.0 Å². The van der Waals surface area contributed by atoms with Crippen molar-refractivity contribution in [3.05, 3.63) is 65.2 Å². The van der Waals surface area contributed by atoms with E-state index in [1.807, 2.05) is 13.0 Å². The predicted molar refractivity (Wildman–Crippen MR) is 108 cm³/mol. The molecule has 2 aromatic carbocycles. The number of alkyl halides is 3. The van der Waals surface area contributed by atoms with E-state index >= 15 is 0 Å². The molecule has 2 N–H and O–H groups in total. The summed E-state index contributed by atoms with van der Waals surface area (Å²) in [5, 5.41) is 0. The summed E-state index contributed by atoms with van der Waals surface area (Å²) in [5.74, 6) is -1.71. The summed E-state index contributed by atoms with van der Waals surface area (Å²) in [4.78, 5) is 37.7. The third kappa shape index (κ3) is 6.22. The standard InChI is InChI=1S/C22H22F3N3O4/c1-14-4-2-7-18(8-14)32-13-19(29)26-27-21(31)16-10-20(30)28(12-16)11-15-5-3-6-17(9-15)22(23,24)25/h2-9,16H,10-13H2,1H3,(H,26,29)(H,27,31). The largest absolute Gasteiger partial charge is 0.484 e. The van der Waals surface area contributed by atoms with Crippen molar-refractivity contribution in [3.8, 4) is 5.75 Å². The van der Waals surface area contributed by atoms with E-state index in [-0.39, 0.29) is 32.0 Å². The first kappa shape index (κ1) is 23.1. The first-order valence-corrected chi connectivity index (χ1v) is 9.84. The highest BCUT2D eigenvalue weighted by molar-refractivity contribution is 5.90. The smallest absolute Gasteiger partial charge is 0.416 e. The number of rotatable bonds is 6. The molecule has 1 aliphatic rings. The maximum absolute atomic E-state index is 12.9. The number of halogens is 3. The Morgan fingerprint density at radius 2 is 1.88 bits per heavy atom. The summed E-state index contributed by atoms with van der Waals surface area (Å²) in [7, 11) is 0. The van der Waals surface area contributed by atoms with Gasteiger partial charge in [-0.2, -0.15) is 13.2 Å². The maximum atomic E-state index is 12.9. The van der Waals surface area contributed by atoms with Crippen LogP contribution in [0.2, 0.25) is 0 Å². The molecule has 1 heterocycles. The number of nitrogens with zero attached hydrogens (tertiary/aromatic N) is 1. The number of benzene rings is 2. The van der Waals surface area contributed by atoms with Gasteiger partial charge in [0.25, 0.3) is 5.91 Å². The van der Waals surface area contributed by atoms with E-state index in [1.54, 1.807) is 18.2 Å². The molecule has 10 heteroatoms. The second-order valence-electron chi connectivity index (χ2n) is 7.52. The summed E-state index contributed by atoms with van der Waals surface area (Å²) in [6, 6.07) is 11.8. The summed E-state index contributed by atoms with van der Waals surface area (Å²) in [6.07, 6.45) is -4.57. The lowest BCUT2D eigenvalue weighted by Gasteiger charge is -2.18. The number of carbonyl (C=O) groups is 3. The summed E-state index contributed by atoms with van der Waals surface area (Å²) >= 11 is 0. The quantitative estimate of drug-likeness (QED) is 0.664. The minimum atomic E-state index is -4.48. The van der Waals surface area contributed by atoms with E-state index in [0.717, 1.165) is 17.7 Å². The van der Waals surface area contributed by atoms with Crippen LogP contribution in [-0.2, 0) is 27.1 Å². The molecule has 1 fully saturated rings. The fourth-order valence-corrected chi connectivity index (χ4v) is 3.29. The summed E-state index contributed by atoms with van der Waals surface area (Å²) in [6.45, 7) is 1.57. The van der Waals surface area contributed by atoms with Crippen molar-refractivity contribution in [1.29, 1.82) is 0 Å². The monoisotopic (exact) mass is 449 g/mol. The third-order valence-electron chi connectivity index (χ3n) is 4.90. The molecule has 0 spiro atoms. The Bertz CT molecular complexity index is 1010. The van der Waals surface area contributed by atoms with E-state index < -0.39 is 29.5 Å². The molecule has 1 atom stereocenters. The number of hydrogen-bond acceptors (Lipinski definition) is 4. The van der Waals surface area contributed by atoms with Crippen LogP contribution in [0.5, 0.6) is 5.75 Å². The molecule has 1 saturated heterocycles. The van der Waals surface area contributed by atoms with Crippen molar-refractivity contribution < 1.29 is 32.3 Å². The average Bonchev–Trinajstić information content (AvgIpc) is 3.10. The van der Waals surface area contributed by atoms with Crippen molar-refractivity contribution in [2.75, 3.05) is 13.2 Å². The molecule has 0 aromatic heterocycles. The van der Waals surface area contributed by atoms with Crippen LogP contribution in [0.4, 0.5) is 13.2 Å². The summed E-state index contributed by atoms with van der Waals surface area (Å²) < 4.78 is 43.9. The van der Waals surface area contributed by atoms with Gasteiger partial charge >= 0.3 is 6.18 Å². The van der Waals surface area contributed by atoms with E-state index in [2.05, 4.69) is 10.9 Å². The number of nitrogens with one attached hydrogen (secondary N) is 2. The molecular formula is C22H22F3N3O4. The summed E-state index contributed by atoms with van der Waals surface area (Å²) in [5.41, 5.74) is 4.97. The highest BCUT2D eigenvalue weighted by atomic mass is 19.4. The van der Waals surface area contributed by atoms with Crippen molar-refractivity contribution in [1.82, 2.24) is 15.8 Å². The van der Waals surface area contributed by atoms with E-state index in [4.69, 9.17) is 4.74 Å². The molecule has 170 valence electrons. The van der Waals surface area contributed by atoms with Crippen LogP contribution in [0, 0.1) is 12.8 Å². The topological polar surface area (TPSA) is 87.7 Å². The number of aryl methyl sites for hydroxylation is 1. The first-order chi connectivity index (χ1) is 15.1.